The zero-order valence-electron chi connectivity index (χ0n) is 22.4. The molecule has 0 bridgehead atoms. The van der Waals surface area contributed by atoms with Crippen molar-refractivity contribution in [3.05, 3.63) is 87.9 Å². The van der Waals surface area contributed by atoms with Crippen LogP contribution in [0.5, 0.6) is 5.75 Å². The zero-order chi connectivity index (χ0) is 30.7. The van der Waals surface area contributed by atoms with Crippen LogP contribution in [-0.4, -0.2) is 50.9 Å². The number of esters is 1. The quantitative estimate of drug-likeness (QED) is 0.210. The highest BCUT2D eigenvalue weighted by Crippen LogP contribution is 2.49. The summed E-state index contributed by atoms with van der Waals surface area (Å²) >= 11 is 5.91. The summed E-state index contributed by atoms with van der Waals surface area (Å²) in [5, 5.41) is 13.2. The minimum Gasteiger partial charge on any atom is -0.459 e. The van der Waals surface area contributed by atoms with E-state index in [2.05, 4.69) is 10.1 Å². The molecule has 0 saturated carbocycles. The lowest BCUT2D eigenvalue weighted by Gasteiger charge is -2.30. The molecule has 4 rings (SSSR count). The van der Waals surface area contributed by atoms with Gasteiger partial charge in [-0.3, -0.25) is 13.9 Å². The Morgan fingerprint density at radius 1 is 1.21 bits per heavy atom. The van der Waals surface area contributed by atoms with Crippen LogP contribution in [0.4, 0.5) is 14.6 Å². The van der Waals surface area contributed by atoms with Crippen molar-refractivity contribution in [2.24, 2.45) is 0 Å². The first-order valence-corrected chi connectivity index (χ1v) is 14.4. The summed E-state index contributed by atoms with van der Waals surface area (Å²) in [7, 11) is -4.58. The second-order valence-electron chi connectivity index (χ2n) is 9.83. The number of nitrogen functional groups attached to an aromatic ring is 1. The summed E-state index contributed by atoms with van der Waals surface area (Å²) in [6, 6.07) is 15.5. The maximum Gasteiger partial charge on any atom is 0.459 e. The molecule has 4 atom stereocenters. The van der Waals surface area contributed by atoms with Crippen LogP contribution in [0.2, 0.25) is 5.02 Å². The number of aliphatic hydroxyl groups excluding tert-OH is 1. The Bertz CT molecular complexity index is 1510. The molecule has 226 valence electrons. The molecule has 1 aromatic heterocycles. The van der Waals surface area contributed by atoms with Crippen LogP contribution in [0.3, 0.4) is 0 Å². The van der Waals surface area contributed by atoms with Gasteiger partial charge in [0.1, 0.15) is 29.8 Å². The highest BCUT2D eigenvalue weighted by molar-refractivity contribution is 7.52. The first-order chi connectivity index (χ1) is 19.7. The SMILES string of the molecule is CC(C)(NP(=O)(OC[C@H]1O[C@@H](n2ccc(N)nc2=O)C(F)(F)[C@@H]1O)Oc1ccc(Cl)cc1)C(=O)OCc1ccccc1. The van der Waals surface area contributed by atoms with E-state index < -0.39 is 55.9 Å². The Kier molecular flexibility index (Phi) is 9.36. The predicted octanol–water partition coefficient (Wildman–Crippen LogP) is 3.69. The highest BCUT2D eigenvalue weighted by atomic mass is 35.5. The molecular weight excluding hydrogens is 601 g/mol. The van der Waals surface area contributed by atoms with Gasteiger partial charge in [0.15, 0.2) is 6.10 Å². The number of hydrogen-bond donors (Lipinski definition) is 3. The number of nitrogens with one attached hydrogen (secondary N) is 1. The lowest BCUT2D eigenvalue weighted by atomic mass is 10.1. The van der Waals surface area contributed by atoms with Gasteiger partial charge in [0, 0.05) is 11.2 Å². The minimum atomic E-state index is -4.58. The van der Waals surface area contributed by atoms with E-state index in [4.69, 9.17) is 35.9 Å². The molecule has 0 spiro atoms. The van der Waals surface area contributed by atoms with Crippen molar-refractivity contribution in [2.45, 2.75) is 50.4 Å². The van der Waals surface area contributed by atoms with Crippen LogP contribution < -0.4 is 21.0 Å². The number of ether oxygens (including phenoxy) is 2. The number of benzene rings is 2. The molecule has 16 heteroatoms. The number of aromatic nitrogens is 2. The molecule has 2 heterocycles. The number of rotatable bonds is 11. The summed E-state index contributed by atoms with van der Waals surface area (Å²) in [4.78, 5) is 28.5. The fourth-order valence-corrected chi connectivity index (χ4v) is 5.70. The van der Waals surface area contributed by atoms with Crippen molar-refractivity contribution < 1.29 is 41.8 Å². The number of carbonyl (C=O) groups excluding carboxylic acids is 1. The monoisotopic (exact) mass is 628 g/mol. The van der Waals surface area contributed by atoms with Gasteiger partial charge >= 0.3 is 25.3 Å². The molecule has 12 nitrogen and oxygen atoms in total. The molecule has 3 aromatic rings. The third-order valence-electron chi connectivity index (χ3n) is 6.07. The number of anilines is 1. The van der Waals surface area contributed by atoms with Crippen LogP contribution in [0.15, 0.2) is 71.7 Å². The summed E-state index contributed by atoms with van der Waals surface area (Å²) in [5.74, 6) is -5.01. The van der Waals surface area contributed by atoms with Crippen LogP contribution in [0, 0.1) is 0 Å². The minimum absolute atomic E-state index is 0.000664. The topological polar surface area (TPSA) is 164 Å². The smallest absolute Gasteiger partial charge is 0.459 e. The van der Waals surface area contributed by atoms with Crippen molar-refractivity contribution in [2.75, 3.05) is 12.3 Å². The van der Waals surface area contributed by atoms with Crippen molar-refractivity contribution >= 4 is 31.1 Å². The maximum absolute atomic E-state index is 15.0. The molecule has 0 radical (unpaired) electrons. The Hall–Kier alpha value is -3.39. The predicted molar refractivity (Wildman–Crippen MR) is 147 cm³/mol. The van der Waals surface area contributed by atoms with Gasteiger partial charge in [0.2, 0.25) is 6.23 Å². The third-order valence-corrected chi connectivity index (χ3v) is 8.10. The Balaban J connectivity index is 1.52. The van der Waals surface area contributed by atoms with Crippen molar-refractivity contribution in [1.29, 1.82) is 0 Å². The van der Waals surface area contributed by atoms with Crippen molar-refractivity contribution in [3.8, 4) is 5.75 Å². The summed E-state index contributed by atoms with van der Waals surface area (Å²) < 4.78 is 66.0. The van der Waals surface area contributed by atoms with E-state index in [9.17, 15) is 28.0 Å². The number of carbonyl (C=O) groups is 1. The van der Waals surface area contributed by atoms with Crippen molar-refractivity contribution in [1.82, 2.24) is 14.6 Å². The molecule has 42 heavy (non-hydrogen) atoms. The first kappa shape index (κ1) is 31.5. The van der Waals surface area contributed by atoms with E-state index in [1.807, 2.05) is 0 Å². The van der Waals surface area contributed by atoms with Crippen molar-refractivity contribution in [3.63, 3.8) is 0 Å². The van der Waals surface area contributed by atoms with E-state index >= 15 is 0 Å². The Morgan fingerprint density at radius 3 is 2.52 bits per heavy atom. The third kappa shape index (κ3) is 7.33. The maximum atomic E-state index is 15.0. The van der Waals surface area contributed by atoms with Gasteiger partial charge in [-0.2, -0.15) is 18.9 Å². The fourth-order valence-electron chi connectivity index (χ4n) is 3.89. The molecule has 1 fully saturated rings. The molecule has 0 amide bonds. The van der Waals surface area contributed by atoms with E-state index in [0.29, 0.717) is 15.2 Å². The second-order valence-corrected chi connectivity index (χ2v) is 11.9. The largest absolute Gasteiger partial charge is 0.459 e. The Labute approximate surface area is 243 Å². The van der Waals surface area contributed by atoms with E-state index in [-0.39, 0.29) is 18.2 Å². The standard InChI is InChI=1S/C26H28ClF2N4O8P/c1-25(2,23(35)38-14-16-6-4-3-5-7-16)32-42(37,41-18-10-8-17(27)9-11-18)39-15-19-21(34)26(28,29)22(40-19)33-13-12-20(30)31-24(33)36/h3-13,19,21-22,34H,14-15H2,1-2H3,(H,32,37)(H2,30,31,36)/t19-,21-,22-,42?/m1/s1. The molecule has 0 aliphatic carbocycles. The van der Waals surface area contributed by atoms with E-state index in [0.717, 1.165) is 12.3 Å². The summed E-state index contributed by atoms with van der Waals surface area (Å²) in [6.45, 7) is 1.73. The average Bonchev–Trinajstić information content (AvgIpc) is 3.15. The first-order valence-electron chi connectivity index (χ1n) is 12.5. The number of aliphatic hydroxyl groups is 1. The number of alkyl halides is 2. The van der Waals surface area contributed by atoms with Crippen LogP contribution >= 0.6 is 19.3 Å². The zero-order valence-corrected chi connectivity index (χ0v) is 24.0. The number of halogens is 3. The highest BCUT2D eigenvalue weighted by Gasteiger charge is 2.60. The van der Waals surface area contributed by atoms with Gasteiger partial charge in [-0.25, -0.2) is 9.36 Å². The molecular formula is C26H28ClF2N4O8P. The summed E-state index contributed by atoms with van der Waals surface area (Å²) in [6.07, 6.45) is -5.60. The lowest BCUT2D eigenvalue weighted by molar-refractivity contribution is -0.151. The molecule has 1 aliphatic rings. The van der Waals surface area contributed by atoms with E-state index in [1.54, 1.807) is 30.3 Å². The van der Waals surface area contributed by atoms with Gasteiger partial charge in [-0.1, -0.05) is 41.9 Å². The second kappa shape index (κ2) is 12.5. The normalized spacial score (nSPS) is 21.4. The number of nitrogens with zero attached hydrogens (tertiary/aromatic N) is 2. The molecule has 2 aromatic carbocycles. The molecule has 1 saturated heterocycles. The number of nitrogens with two attached hydrogens (primary N) is 1. The molecule has 4 N–H and O–H groups in total. The van der Waals surface area contributed by atoms with Crippen LogP contribution in [0.25, 0.3) is 0 Å². The van der Waals surface area contributed by atoms with Gasteiger partial charge in [0.25, 0.3) is 0 Å². The average molecular weight is 629 g/mol. The summed E-state index contributed by atoms with van der Waals surface area (Å²) in [5.41, 5.74) is 3.31. The van der Waals surface area contributed by atoms with Gasteiger partial charge in [-0.05, 0) is 49.7 Å². The van der Waals surface area contributed by atoms with Crippen LogP contribution in [-0.2, 0) is 30.0 Å². The lowest BCUT2D eigenvalue weighted by Crippen LogP contribution is -2.47. The van der Waals surface area contributed by atoms with E-state index in [1.165, 1.54) is 38.1 Å². The van der Waals surface area contributed by atoms with Gasteiger partial charge < -0.3 is 24.8 Å². The number of hydrogen-bond acceptors (Lipinski definition) is 10. The fraction of sp³-hybridized carbons (Fsp3) is 0.346. The molecule has 1 unspecified atom stereocenters. The Morgan fingerprint density at radius 2 is 1.88 bits per heavy atom. The van der Waals surface area contributed by atoms with Crippen LogP contribution in [0.1, 0.15) is 25.6 Å². The van der Waals surface area contributed by atoms with Gasteiger partial charge in [-0.15, -0.1) is 0 Å². The van der Waals surface area contributed by atoms with Gasteiger partial charge in [0.05, 0.1) is 6.61 Å². The molecule has 1 aliphatic heterocycles.